The molecular weight excluding hydrogens is 318 g/mol. The van der Waals surface area contributed by atoms with Crippen LogP contribution >= 0.6 is 0 Å². The number of amides is 3. The molecule has 0 bridgehead atoms. The van der Waals surface area contributed by atoms with E-state index in [4.69, 9.17) is 4.74 Å². The zero-order valence-corrected chi connectivity index (χ0v) is 14.2. The second kappa shape index (κ2) is 7.25. The van der Waals surface area contributed by atoms with Gasteiger partial charge in [-0.1, -0.05) is 30.3 Å². The van der Waals surface area contributed by atoms with Crippen LogP contribution in [0.1, 0.15) is 28.3 Å². The molecule has 1 aliphatic carbocycles. The molecule has 0 spiro atoms. The van der Waals surface area contributed by atoms with Crippen molar-refractivity contribution in [3.8, 4) is 5.75 Å². The first-order valence-electron chi connectivity index (χ1n) is 8.15. The van der Waals surface area contributed by atoms with Crippen LogP contribution in [0.25, 0.3) is 0 Å². The molecule has 0 aliphatic heterocycles. The van der Waals surface area contributed by atoms with E-state index in [2.05, 4.69) is 28.1 Å². The topological polar surface area (TPSA) is 79.5 Å². The largest absolute Gasteiger partial charge is 0.495 e. The van der Waals surface area contributed by atoms with Gasteiger partial charge in [-0.05, 0) is 30.2 Å². The Morgan fingerprint density at radius 3 is 2.56 bits per heavy atom. The third-order valence-corrected chi connectivity index (χ3v) is 4.27. The summed E-state index contributed by atoms with van der Waals surface area (Å²) in [4.78, 5) is 24.0. The Kier molecular flexibility index (Phi) is 4.88. The lowest BCUT2D eigenvalue weighted by molar-refractivity contribution is 0.0963. The highest BCUT2D eigenvalue weighted by atomic mass is 16.5. The van der Waals surface area contributed by atoms with E-state index in [0.717, 1.165) is 6.42 Å². The quantitative estimate of drug-likeness (QED) is 0.784. The van der Waals surface area contributed by atoms with Gasteiger partial charge in [0.2, 0.25) is 0 Å². The average Bonchev–Trinajstić information content (AvgIpc) is 3.40. The molecule has 0 heterocycles. The predicted molar refractivity (Wildman–Crippen MR) is 96.1 cm³/mol. The molecule has 2 atom stereocenters. The summed E-state index contributed by atoms with van der Waals surface area (Å²) < 4.78 is 5.25. The summed E-state index contributed by atoms with van der Waals surface area (Å²) in [5.74, 6) is 0.627. The van der Waals surface area contributed by atoms with E-state index in [1.165, 1.54) is 12.7 Å². The number of ether oxygens (including phenoxy) is 1. The van der Waals surface area contributed by atoms with Gasteiger partial charge in [0.25, 0.3) is 5.91 Å². The number of carbonyl (C=O) groups excluding carboxylic acids is 2. The highest BCUT2D eigenvalue weighted by Gasteiger charge is 2.39. The van der Waals surface area contributed by atoms with Crippen LogP contribution in [-0.4, -0.2) is 32.1 Å². The Morgan fingerprint density at radius 2 is 1.88 bits per heavy atom. The van der Waals surface area contributed by atoms with E-state index in [1.807, 2.05) is 18.2 Å². The number of methoxy groups -OCH3 is 1. The van der Waals surface area contributed by atoms with Crippen LogP contribution in [0.2, 0.25) is 0 Å². The Morgan fingerprint density at radius 1 is 1.12 bits per heavy atom. The van der Waals surface area contributed by atoms with Gasteiger partial charge in [0.1, 0.15) is 5.75 Å². The molecule has 1 fully saturated rings. The zero-order chi connectivity index (χ0) is 17.8. The second-order valence-corrected chi connectivity index (χ2v) is 5.95. The smallest absolute Gasteiger partial charge is 0.319 e. The molecular formula is C19H21N3O3. The van der Waals surface area contributed by atoms with Gasteiger partial charge in [-0.15, -0.1) is 0 Å². The fraction of sp³-hybridized carbons (Fsp3) is 0.263. The van der Waals surface area contributed by atoms with Gasteiger partial charge in [0.05, 0.1) is 12.8 Å². The van der Waals surface area contributed by atoms with Crippen molar-refractivity contribution in [2.75, 3.05) is 19.5 Å². The molecule has 2 aromatic rings. The van der Waals surface area contributed by atoms with E-state index in [0.29, 0.717) is 22.9 Å². The normalized spacial score (nSPS) is 18.2. The van der Waals surface area contributed by atoms with Crippen molar-refractivity contribution in [2.24, 2.45) is 0 Å². The lowest BCUT2D eigenvalue weighted by Crippen LogP contribution is -2.31. The molecule has 6 nitrogen and oxygen atoms in total. The molecule has 3 rings (SSSR count). The Bertz CT molecular complexity index is 777. The molecule has 3 amide bonds. The number of carbonyl (C=O) groups is 2. The van der Waals surface area contributed by atoms with Crippen molar-refractivity contribution in [2.45, 2.75) is 18.4 Å². The van der Waals surface area contributed by atoms with Crippen LogP contribution in [0.4, 0.5) is 10.5 Å². The monoisotopic (exact) mass is 339 g/mol. The fourth-order valence-electron chi connectivity index (χ4n) is 2.84. The summed E-state index contributed by atoms with van der Waals surface area (Å²) in [6, 6.07) is 14.8. The zero-order valence-electron chi connectivity index (χ0n) is 14.2. The molecule has 1 aliphatic rings. The summed E-state index contributed by atoms with van der Waals surface area (Å²) in [6.45, 7) is 0. The van der Waals surface area contributed by atoms with Gasteiger partial charge < -0.3 is 20.7 Å². The molecule has 1 saturated carbocycles. The van der Waals surface area contributed by atoms with E-state index in [9.17, 15) is 9.59 Å². The van der Waals surface area contributed by atoms with Crippen molar-refractivity contribution in [3.63, 3.8) is 0 Å². The Labute approximate surface area is 146 Å². The van der Waals surface area contributed by atoms with Crippen molar-refractivity contribution in [3.05, 3.63) is 59.7 Å². The van der Waals surface area contributed by atoms with Gasteiger partial charge >= 0.3 is 6.03 Å². The summed E-state index contributed by atoms with van der Waals surface area (Å²) in [5.41, 5.74) is 2.14. The third-order valence-electron chi connectivity index (χ3n) is 4.27. The van der Waals surface area contributed by atoms with Crippen molar-refractivity contribution < 1.29 is 14.3 Å². The standard InChI is InChI=1S/C19H21N3O3/c1-20-18(23)13-8-9-17(25-2)16(10-13)22-19(24)21-15-11-14(15)12-6-4-3-5-7-12/h3-10,14-15H,11H2,1-2H3,(H,20,23)(H2,21,22,24). The number of rotatable bonds is 5. The van der Waals surface area contributed by atoms with Gasteiger partial charge in [0, 0.05) is 24.6 Å². The number of hydrogen-bond donors (Lipinski definition) is 3. The summed E-state index contributed by atoms with van der Waals surface area (Å²) in [5, 5.41) is 8.29. The molecule has 0 aromatic heterocycles. The van der Waals surface area contributed by atoms with Crippen LogP contribution < -0.4 is 20.7 Å². The molecule has 130 valence electrons. The summed E-state index contributed by atoms with van der Waals surface area (Å²) in [7, 11) is 3.08. The molecule has 3 N–H and O–H groups in total. The number of hydrogen-bond acceptors (Lipinski definition) is 3. The fourth-order valence-corrected chi connectivity index (χ4v) is 2.84. The minimum Gasteiger partial charge on any atom is -0.495 e. The van der Waals surface area contributed by atoms with E-state index >= 15 is 0 Å². The molecule has 0 saturated heterocycles. The maximum atomic E-state index is 12.3. The first-order chi connectivity index (χ1) is 12.1. The first kappa shape index (κ1) is 16.8. The molecule has 0 radical (unpaired) electrons. The van der Waals surface area contributed by atoms with Crippen LogP contribution in [-0.2, 0) is 0 Å². The molecule has 6 heteroatoms. The number of anilines is 1. The van der Waals surface area contributed by atoms with Crippen molar-refractivity contribution in [1.29, 1.82) is 0 Å². The molecule has 2 aromatic carbocycles. The van der Waals surface area contributed by atoms with E-state index in [1.54, 1.807) is 25.2 Å². The maximum absolute atomic E-state index is 12.3. The van der Waals surface area contributed by atoms with Gasteiger partial charge in [-0.3, -0.25) is 4.79 Å². The van der Waals surface area contributed by atoms with Crippen molar-refractivity contribution >= 4 is 17.6 Å². The van der Waals surface area contributed by atoms with Crippen molar-refractivity contribution in [1.82, 2.24) is 10.6 Å². The van der Waals surface area contributed by atoms with Crippen LogP contribution in [0.5, 0.6) is 5.75 Å². The number of urea groups is 1. The minimum atomic E-state index is -0.309. The minimum absolute atomic E-state index is 0.121. The number of benzene rings is 2. The summed E-state index contributed by atoms with van der Waals surface area (Å²) >= 11 is 0. The molecule has 2 unspecified atom stereocenters. The van der Waals surface area contributed by atoms with Crippen LogP contribution in [0, 0.1) is 0 Å². The molecule has 25 heavy (non-hydrogen) atoms. The van der Waals surface area contributed by atoms with E-state index in [-0.39, 0.29) is 18.0 Å². The predicted octanol–water partition coefficient (Wildman–Crippen LogP) is 2.73. The Hall–Kier alpha value is -3.02. The lowest BCUT2D eigenvalue weighted by atomic mass is 10.1. The lowest BCUT2D eigenvalue weighted by Gasteiger charge is -2.12. The average molecular weight is 339 g/mol. The highest BCUT2D eigenvalue weighted by molar-refractivity contribution is 5.98. The van der Waals surface area contributed by atoms with Gasteiger partial charge in [-0.2, -0.15) is 0 Å². The SMILES string of the molecule is CNC(=O)c1ccc(OC)c(NC(=O)NC2CC2c2ccccc2)c1. The summed E-state index contributed by atoms with van der Waals surface area (Å²) in [6.07, 6.45) is 0.923. The van der Waals surface area contributed by atoms with Gasteiger partial charge in [0.15, 0.2) is 0 Å². The van der Waals surface area contributed by atoms with E-state index < -0.39 is 0 Å². The second-order valence-electron chi connectivity index (χ2n) is 5.95. The third kappa shape index (κ3) is 3.91. The van der Waals surface area contributed by atoms with Gasteiger partial charge in [-0.25, -0.2) is 4.79 Å². The first-order valence-corrected chi connectivity index (χ1v) is 8.15. The van der Waals surface area contributed by atoms with Crippen LogP contribution in [0.3, 0.4) is 0 Å². The van der Waals surface area contributed by atoms with Crippen LogP contribution in [0.15, 0.2) is 48.5 Å². The highest BCUT2D eigenvalue weighted by Crippen LogP contribution is 2.40. The Balaban J connectivity index is 1.64. The maximum Gasteiger partial charge on any atom is 0.319 e. The number of nitrogens with one attached hydrogen (secondary N) is 3.